The SMILES string of the molecule is CC(C)(C)c1cc(NC(=O)C2CCCCN2C(=O)c2ccc(C(F)(F)F)cc2)no1.CC(C)(C)c1cc([NH-])no1. The highest BCUT2D eigenvalue weighted by Crippen LogP contribution is 2.30. The summed E-state index contributed by atoms with van der Waals surface area (Å²) in [5.74, 6) is 0.960. The smallest absolute Gasteiger partial charge is 0.416 e. The topological polar surface area (TPSA) is 125 Å². The number of amides is 2. The molecule has 3 heterocycles. The number of rotatable bonds is 3. The van der Waals surface area contributed by atoms with Gasteiger partial charge in [0, 0.05) is 29.0 Å². The van der Waals surface area contributed by atoms with E-state index in [0.29, 0.717) is 25.1 Å². The Morgan fingerprint density at radius 2 is 1.50 bits per heavy atom. The molecule has 1 saturated heterocycles. The van der Waals surface area contributed by atoms with Crippen molar-refractivity contribution in [2.45, 2.75) is 83.9 Å². The van der Waals surface area contributed by atoms with Crippen LogP contribution < -0.4 is 5.32 Å². The zero-order valence-corrected chi connectivity index (χ0v) is 23.5. The van der Waals surface area contributed by atoms with Gasteiger partial charge >= 0.3 is 6.18 Å². The first-order valence-corrected chi connectivity index (χ1v) is 12.9. The lowest BCUT2D eigenvalue weighted by molar-refractivity contribution is -0.137. The highest BCUT2D eigenvalue weighted by Gasteiger charge is 2.34. The lowest BCUT2D eigenvalue weighted by Gasteiger charge is -2.34. The van der Waals surface area contributed by atoms with Crippen molar-refractivity contribution in [3.8, 4) is 0 Å². The Labute approximate surface area is 231 Å². The fourth-order valence-corrected chi connectivity index (χ4v) is 3.94. The minimum absolute atomic E-state index is 0.0354. The summed E-state index contributed by atoms with van der Waals surface area (Å²) >= 11 is 0. The number of alkyl halides is 3. The Kier molecular flexibility index (Phi) is 9.00. The fraction of sp³-hybridized carbons (Fsp3) is 0.500. The number of piperidine rings is 1. The van der Waals surface area contributed by atoms with Crippen LogP contribution in [0.15, 0.2) is 45.4 Å². The van der Waals surface area contributed by atoms with E-state index in [2.05, 4.69) is 15.6 Å². The molecule has 1 atom stereocenters. The molecule has 0 bridgehead atoms. The third-order valence-corrected chi connectivity index (χ3v) is 6.28. The molecule has 2 N–H and O–H groups in total. The Balaban J connectivity index is 0.000000371. The molecule has 12 heteroatoms. The summed E-state index contributed by atoms with van der Waals surface area (Å²) in [7, 11) is 0. The van der Waals surface area contributed by atoms with Gasteiger partial charge in [0.05, 0.1) is 5.56 Å². The van der Waals surface area contributed by atoms with Crippen molar-refractivity contribution < 1.29 is 31.8 Å². The quantitative estimate of drug-likeness (QED) is 0.358. The van der Waals surface area contributed by atoms with Crippen LogP contribution in [0.1, 0.15) is 88.2 Å². The number of halogens is 3. The maximum Gasteiger partial charge on any atom is 0.416 e. The molecule has 2 amide bonds. The number of hydrogen-bond acceptors (Lipinski definition) is 6. The molecule has 1 aliphatic rings. The van der Waals surface area contributed by atoms with Gasteiger partial charge in [-0.15, -0.1) is 0 Å². The Bertz CT molecular complexity index is 1300. The maximum absolute atomic E-state index is 12.9. The molecule has 0 aliphatic carbocycles. The lowest BCUT2D eigenvalue weighted by Crippen LogP contribution is -2.50. The third kappa shape index (κ3) is 7.86. The number of nitrogens with zero attached hydrogens (tertiary/aromatic N) is 3. The molecule has 1 aliphatic heterocycles. The highest BCUT2D eigenvalue weighted by atomic mass is 19.4. The van der Waals surface area contributed by atoms with E-state index in [0.717, 1.165) is 36.4 Å². The van der Waals surface area contributed by atoms with Crippen LogP contribution in [0.4, 0.5) is 24.8 Å². The van der Waals surface area contributed by atoms with Gasteiger partial charge in [0.15, 0.2) is 5.82 Å². The molecule has 4 rings (SSSR count). The minimum Gasteiger partial charge on any atom is -0.480 e. The van der Waals surface area contributed by atoms with Crippen molar-refractivity contribution >= 4 is 23.5 Å². The van der Waals surface area contributed by atoms with Crippen molar-refractivity contribution in [3.05, 3.63) is 64.8 Å². The number of benzene rings is 1. The van der Waals surface area contributed by atoms with Crippen molar-refractivity contribution in [2.24, 2.45) is 0 Å². The number of nitrogens with one attached hydrogen (secondary N) is 2. The second-order valence-electron chi connectivity index (χ2n) is 11.7. The van der Waals surface area contributed by atoms with E-state index >= 15 is 0 Å². The second-order valence-corrected chi connectivity index (χ2v) is 11.7. The number of hydrogen-bond donors (Lipinski definition) is 1. The molecule has 1 unspecified atom stereocenters. The van der Waals surface area contributed by atoms with Gasteiger partial charge < -0.3 is 25.0 Å². The Morgan fingerprint density at radius 1 is 0.925 bits per heavy atom. The monoisotopic (exact) mass is 562 g/mol. The second kappa shape index (κ2) is 11.7. The number of carbonyl (C=O) groups excluding carboxylic acids is 2. The highest BCUT2D eigenvalue weighted by molar-refractivity contribution is 6.01. The summed E-state index contributed by atoms with van der Waals surface area (Å²) in [5, 5.41) is 10.0. The standard InChI is InChI=1S/C21H24F3N3O3.C7H11N2O/c1-20(2,3)16-12-17(26-30-16)25-18(28)15-6-4-5-11-27(15)19(29)13-7-9-14(10-8-13)21(22,23)24;1-7(2,3)5-4-6(8)9-10-5/h7-10,12,15H,4-6,11H2,1-3H3,(H,25,26,28);4H,1-3H3,(H-,8,9)/q;-1. The van der Waals surface area contributed by atoms with Crippen molar-refractivity contribution in [1.82, 2.24) is 15.2 Å². The van der Waals surface area contributed by atoms with Crippen molar-refractivity contribution in [1.29, 1.82) is 0 Å². The Hall–Kier alpha value is -3.83. The average Bonchev–Trinajstić information content (AvgIpc) is 3.53. The third-order valence-electron chi connectivity index (χ3n) is 6.28. The molecule has 218 valence electrons. The summed E-state index contributed by atoms with van der Waals surface area (Å²) in [6, 6.07) is 6.57. The molecule has 1 aromatic carbocycles. The van der Waals surface area contributed by atoms with Gasteiger partial charge in [-0.2, -0.15) is 13.2 Å². The van der Waals surface area contributed by atoms with Crippen molar-refractivity contribution in [2.75, 3.05) is 11.9 Å². The van der Waals surface area contributed by atoms with E-state index in [-0.39, 0.29) is 28.0 Å². The first-order valence-electron chi connectivity index (χ1n) is 12.9. The van der Waals surface area contributed by atoms with Gasteiger partial charge in [0.25, 0.3) is 5.91 Å². The molecular weight excluding hydrogens is 527 g/mol. The van der Waals surface area contributed by atoms with E-state index in [1.807, 2.05) is 41.5 Å². The predicted molar refractivity (Wildman–Crippen MR) is 143 cm³/mol. The van der Waals surface area contributed by atoms with Crippen LogP contribution in [0, 0.1) is 0 Å². The summed E-state index contributed by atoms with van der Waals surface area (Å²) in [6.45, 7) is 12.3. The summed E-state index contributed by atoms with van der Waals surface area (Å²) in [4.78, 5) is 27.1. The zero-order chi connectivity index (χ0) is 29.9. The van der Waals surface area contributed by atoms with Crippen LogP contribution in [0.5, 0.6) is 0 Å². The van der Waals surface area contributed by atoms with Crippen LogP contribution in [0.3, 0.4) is 0 Å². The normalized spacial score (nSPS) is 16.2. The number of likely N-dealkylation sites (tertiary alicyclic amines) is 1. The molecule has 0 radical (unpaired) electrons. The molecule has 0 spiro atoms. The lowest BCUT2D eigenvalue weighted by atomic mass is 9.93. The van der Waals surface area contributed by atoms with E-state index in [4.69, 9.17) is 14.8 Å². The van der Waals surface area contributed by atoms with Crippen LogP contribution in [-0.2, 0) is 21.8 Å². The first-order chi connectivity index (χ1) is 18.5. The number of carbonyl (C=O) groups is 2. The van der Waals surface area contributed by atoms with Gasteiger partial charge in [-0.25, -0.2) is 0 Å². The van der Waals surface area contributed by atoms with Gasteiger partial charge in [0.1, 0.15) is 17.6 Å². The van der Waals surface area contributed by atoms with Gasteiger partial charge in [-0.3, -0.25) is 14.7 Å². The van der Waals surface area contributed by atoms with Crippen LogP contribution in [0.25, 0.3) is 5.73 Å². The summed E-state index contributed by atoms with van der Waals surface area (Å²) in [5.41, 5.74) is 6.07. The van der Waals surface area contributed by atoms with Crippen LogP contribution in [0.2, 0.25) is 0 Å². The molecule has 3 aromatic rings. The molecular formula is C28H35F3N5O4-. The van der Waals surface area contributed by atoms with Gasteiger partial charge in [0.2, 0.25) is 5.91 Å². The minimum atomic E-state index is -4.47. The predicted octanol–water partition coefficient (Wildman–Crippen LogP) is 7.28. The van der Waals surface area contributed by atoms with E-state index in [9.17, 15) is 22.8 Å². The van der Waals surface area contributed by atoms with Gasteiger partial charge in [-0.1, -0.05) is 46.7 Å². The van der Waals surface area contributed by atoms with Crippen LogP contribution in [-0.4, -0.2) is 39.6 Å². The number of aromatic nitrogens is 2. The molecule has 9 nitrogen and oxygen atoms in total. The first kappa shape index (κ1) is 30.7. The maximum atomic E-state index is 12.9. The van der Waals surface area contributed by atoms with E-state index in [1.54, 1.807) is 12.1 Å². The summed E-state index contributed by atoms with van der Waals surface area (Å²) < 4.78 is 48.4. The number of anilines is 1. The summed E-state index contributed by atoms with van der Waals surface area (Å²) in [6.07, 6.45) is -2.53. The largest absolute Gasteiger partial charge is 0.480 e. The van der Waals surface area contributed by atoms with E-state index < -0.39 is 29.6 Å². The molecule has 1 fully saturated rings. The molecule has 40 heavy (non-hydrogen) atoms. The van der Waals surface area contributed by atoms with Crippen molar-refractivity contribution in [3.63, 3.8) is 0 Å². The average molecular weight is 563 g/mol. The fourth-order valence-electron chi connectivity index (χ4n) is 3.94. The zero-order valence-electron chi connectivity index (χ0n) is 23.5. The molecule has 0 saturated carbocycles. The van der Waals surface area contributed by atoms with Crippen LogP contribution >= 0.6 is 0 Å². The Morgan fingerprint density at radius 3 is 1.98 bits per heavy atom. The molecule has 2 aromatic heterocycles. The van der Waals surface area contributed by atoms with E-state index in [1.165, 1.54) is 4.90 Å². The van der Waals surface area contributed by atoms with Gasteiger partial charge in [-0.05, 0) is 55.4 Å².